The van der Waals surface area contributed by atoms with Gasteiger partial charge in [-0.2, -0.15) is 10.2 Å². The number of hydrogen-bond donors (Lipinski definition) is 0. The molecule has 136 valence electrons. The molecule has 0 amide bonds. The van der Waals surface area contributed by atoms with Gasteiger partial charge in [0.05, 0.1) is 17.1 Å². The van der Waals surface area contributed by atoms with Crippen LogP contribution in [0.1, 0.15) is 42.2 Å². The smallest absolute Gasteiger partial charge is 0.245 e. The van der Waals surface area contributed by atoms with Gasteiger partial charge in [-0.05, 0) is 26.7 Å². The first-order valence-corrected chi connectivity index (χ1v) is 9.22. The minimum atomic E-state index is 0.780. The summed E-state index contributed by atoms with van der Waals surface area (Å²) in [5.74, 6) is 0.780. The molecule has 0 atom stereocenters. The number of rotatable bonds is 5. The molecule has 1 aliphatic heterocycles. The van der Waals surface area contributed by atoms with Crippen LogP contribution in [0, 0.1) is 13.8 Å². The van der Waals surface area contributed by atoms with Crippen LogP contribution < -0.4 is 4.90 Å². The first kappa shape index (κ1) is 17.8. The SMILES string of the molecule is CCc1nnc(N2CCN(Cc3c(C)nn(C)c3C)CC2)nc1CC. The molecule has 1 aliphatic rings. The van der Waals surface area contributed by atoms with Crippen LogP contribution in [0.25, 0.3) is 0 Å². The molecule has 0 radical (unpaired) electrons. The van der Waals surface area contributed by atoms with Gasteiger partial charge in [-0.15, -0.1) is 5.10 Å². The number of aromatic nitrogens is 5. The van der Waals surface area contributed by atoms with Crippen LogP contribution in [-0.2, 0) is 26.4 Å². The number of anilines is 1. The Hall–Kier alpha value is -2.02. The zero-order valence-electron chi connectivity index (χ0n) is 16.1. The molecule has 0 bridgehead atoms. The van der Waals surface area contributed by atoms with E-state index in [-0.39, 0.29) is 0 Å². The molecule has 0 aliphatic carbocycles. The van der Waals surface area contributed by atoms with Crippen LogP contribution in [-0.4, -0.2) is 56.0 Å². The molecule has 0 spiro atoms. The van der Waals surface area contributed by atoms with Crippen molar-refractivity contribution in [1.82, 2.24) is 29.9 Å². The van der Waals surface area contributed by atoms with E-state index in [1.807, 2.05) is 11.7 Å². The Bertz CT molecular complexity index is 729. The maximum Gasteiger partial charge on any atom is 0.245 e. The van der Waals surface area contributed by atoms with E-state index in [2.05, 4.69) is 52.8 Å². The van der Waals surface area contributed by atoms with Gasteiger partial charge in [0.15, 0.2) is 0 Å². The van der Waals surface area contributed by atoms with Gasteiger partial charge in [0.25, 0.3) is 0 Å². The normalized spacial score (nSPS) is 15.8. The van der Waals surface area contributed by atoms with Gasteiger partial charge in [-0.1, -0.05) is 13.8 Å². The molecule has 25 heavy (non-hydrogen) atoms. The van der Waals surface area contributed by atoms with Crippen molar-refractivity contribution in [3.63, 3.8) is 0 Å². The van der Waals surface area contributed by atoms with Gasteiger partial charge >= 0.3 is 0 Å². The van der Waals surface area contributed by atoms with E-state index in [1.165, 1.54) is 11.3 Å². The summed E-state index contributed by atoms with van der Waals surface area (Å²) in [6.07, 6.45) is 1.80. The van der Waals surface area contributed by atoms with E-state index in [4.69, 9.17) is 4.98 Å². The monoisotopic (exact) mass is 343 g/mol. The van der Waals surface area contributed by atoms with Crippen molar-refractivity contribution in [2.45, 2.75) is 47.1 Å². The highest BCUT2D eigenvalue weighted by Gasteiger charge is 2.22. The number of nitrogens with zero attached hydrogens (tertiary/aromatic N) is 7. The molecular weight excluding hydrogens is 314 g/mol. The highest BCUT2D eigenvalue weighted by Crippen LogP contribution is 2.18. The lowest BCUT2D eigenvalue weighted by Gasteiger charge is -2.34. The Balaban J connectivity index is 1.64. The zero-order valence-corrected chi connectivity index (χ0v) is 16.1. The highest BCUT2D eigenvalue weighted by atomic mass is 15.4. The van der Waals surface area contributed by atoms with Crippen LogP contribution in [0.4, 0.5) is 5.95 Å². The highest BCUT2D eigenvalue weighted by molar-refractivity contribution is 5.31. The predicted octanol–water partition coefficient (Wildman–Crippen LogP) is 1.67. The summed E-state index contributed by atoms with van der Waals surface area (Å²) in [5, 5.41) is 13.3. The number of aryl methyl sites for hydroxylation is 4. The van der Waals surface area contributed by atoms with E-state index in [1.54, 1.807) is 0 Å². The first-order valence-electron chi connectivity index (χ1n) is 9.22. The maximum atomic E-state index is 4.75. The summed E-state index contributed by atoms with van der Waals surface area (Å²) >= 11 is 0. The van der Waals surface area contributed by atoms with E-state index >= 15 is 0 Å². The zero-order chi connectivity index (χ0) is 18.0. The van der Waals surface area contributed by atoms with E-state index in [0.29, 0.717) is 0 Å². The Morgan fingerprint density at radius 2 is 1.60 bits per heavy atom. The van der Waals surface area contributed by atoms with Crippen molar-refractivity contribution in [2.75, 3.05) is 31.1 Å². The van der Waals surface area contributed by atoms with Crippen LogP contribution in [0.2, 0.25) is 0 Å². The summed E-state index contributed by atoms with van der Waals surface area (Å²) in [7, 11) is 2.01. The largest absolute Gasteiger partial charge is 0.337 e. The van der Waals surface area contributed by atoms with Crippen LogP contribution in [0.3, 0.4) is 0 Å². The van der Waals surface area contributed by atoms with E-state index in [9.17, 15) is 0 Å². The fourth-order valence-corrected chi connectivity index (χ4v) is 3.44. The van der Waals surface area contributed by atoms with E-state index in [0.717, 1.165) is 68.6 Å². The minimum absolute atomic E-state index is 0.780. The van der Waals surface area contributed by atoms with Crippen molar-refractivity contribution in [3.8, 4) is 0 Å². The fourth-order valence-electron chi connectivity index (χ4n) is 3.44. The van der Waals surface area contributed by atoms with Crippen molar-refractivity contribution in [1.29, 1.82) is 0 Å². The van der Waals surface area contributed by atoms with E-state index < -0.39 is 0 Å². The van der Waals surface area contributed by atoms with Crippen LogP contribution in [0.15, 0.2) is 0 Å². The Morgan fingerprint density at radius 1 is 0.920 bits per heavy atom. The van der Waals surface area contributed by atoms with Crippen LogP contribution in [0.5, 0.6) is 0 Å². The second-order valence-corrected chi connectivity index (χ2v) is 6.75. The van der Waals surface area contributed by atoms with Gasteiger partial charge in [0.1, 0.15) is 0 Å². The van der Waals surface area contributed by atoms with Crippen molar-refractivity contribution in [3.05, 3.63) is 28.3 Å². The maximum absolute atomic E-state index is 4.75. The second-order valence-electron chi connectivity index (χ2n) is 6.75. The lowest BCUT2D eigenvalue weighted by atomic mass is 10.1. The third-order valence-corrected chi connectivity index (χ3v) is 5.19. The van der Waals surface area contributed by atoms with Crippen LogP contribution >= 0.6 is 0 Å². The van der Waals surface area contributed by atoms with Crippen molar-refractivity contribution in [2.24, 2.45) is 7.05 Å². The average Bonchev–Trinajstić information content (AvgIpc) is 2.88. The lowest BCUT2D eigenvalue weighted by Crippen LogP contribution is -2.46. The molecule has 3 heterocycles. The second kappa shape index (κ2) is 7.47. The van der Waals surface area contributed by atoms with Gasteiger partial charge in [0, 0.05) is 51.0 Å². The molecule has 3 rings (SSSR count). The number of hydrogen-bond acceptors (Lipinski definition) is 6. The van der Waals surface area contributed by atoms with Crippen molar-refractivity contribution >= 4 is 5.95 Å². The summed E-state index contributed by atoms with van der Waals surface area (Å²) in [6.45, 7) is 13.3. The average molecular weight is 343 g/mol. The van der Waals surface area contributed by atoms with Gasteiger partial charge < -0.3 is 4.90 Å². The molecule has 0 saturated carbocycles. The Labute approximate surface area is 150 Å². The standard InChI is InChI=1S/C18H29N7/c1-6-16-17(7-2)20-21-18(19-16)25-10-8-24(9-11-25)12-15-13(3)22-23(5)14(15)4/h6-12H2,1-5H3. The molecule has 0 unspecified atom stereocenters. The van der Waals surface area contributed by atoms with Gasteiger partial charge in [-0.3, -0.25) is 9.58 Å². The summed E-state index contributed by atoms with van der Waals surface area (Å²) in [5.41, 5.74) is 5.85. The number of piperazine rings is 1. The van der Waals surface area contributed by atoms with Gasteiger partial charge in [-0.25, -0.2) is 4.98 Å². The summed E-state index contributed by atoms with van der Waals surface area (Å²) in [4.78, 5) is 9.49. The van der Waals surface area contributed by atoms with Gasteiger partial charge in [0.2, 0.25) is 5.95 Å². The molecule has 1 saturated heterocycles. The molecule has 7 nitrogen and oxygen atoms in total. The lowest BCUT2D eigenvalue weighted by molar-refractivity contribution is 0.247. The minimum Gasteiger partial charge on any atom is -0.337 e. The predicted molar refractivity (Wildman–Crippen MR) is 98.8 cm³/mol. The molecule has 1 fully saturated rings. The molecular formula is C18H29N7. The first-order chi connectivity index (χ1) is 12.0. The third-order valence-electron chi connectivity index (χ3n) is 5.19. The quantitative estimate of drug-likeness (QED) is 0.823. The third kappa shape index (κ3) is 3.66. The summed E-state index contributed by atoms with van der Waals surface area (Å²) < 4.78 is 1.97. The Morgan fingerprint density at radius 3 is 2.16 bits per heavy atom. The molecule has 7 heteroatoms. The fraction of sp³-hybridized carbons (Fsp3) is 0.667. The molecule has 0 N–H and O–H groups in total. The topological polar surface area (TPSA) is 63.0 Å². The molecule has 2 aromatic rings. The van der Waals surface area contributed by atoms with Crippen molar-refractivity contribution < 1.29 is 0 Å². The molecule has 0 aromatic carbocycles. The summed E-state index contributed by atoms with van der Waals surface area (Å²) in [6, 6.07) is 0. The Kier molecular flexibility index (Phi) is 5.32. The molecule has 2 aromatic heterocycles.